The summed E-state index contributed by atoms with van der Waals surface area (Å²) < 4.78 is 11.6. The summed E-state index contributed by atoms with van der Waals surface area (Å²) in [6, 6.07) is 0. The number of hydrogen-bond donors (Lipinski definition) is 2. The summed E-state index contributed by atoms with van der Waals surface area (Å²) in [4.78, 5) is 0. The number of thiol groups is 2. The van der Waals surface area contributed by atoms with Crippen molar-refractivity contribution in [3.05, 3.63) is 0 Å². The molecule has 2 nitrogen and oxygen atoms in total. The minimum absolute atomic E-state index is 0.0232. The Morgan fingerprint density at radius 3 is 1.80 bits per heavy atom. The van der Waals surface area contributed by atoms with Gasteiger partial charge in [-0.25, -0.2) is 0 Å². The highest BCUT2D eigenvalue weighted by atomic mass is 32.1. The van der Waals surface area contributed by atoms with Crippen molar-refractivity contribution in [1.82, 2.24) is 0 Å². The van der Waals surface area contributed by atoms with Crippen LogP contribution in [0.25, 0.3) is 0 Å². The molecule has 0 fully saturated rings. The van der Waals surface area contributed by atoms with E-state index in [-0.39, 0.29) is 5.25 Å². The minimum atomic E-state index is -0.835. The van der Waals surface area contributed by atoms with Gasteiger partial charge in [0.1, 0.15) is 0 Å². The van der Waals surface area contributed by atoms with E-state index in [0.717, 1.165) is 19.3 Å². The van der Waals surface area contributed by atoms with Gasteiger partial charge in [-0.1, -0.05) is 59.3 Å². The lowest BCUT2D eigenvalue weighted by Crippen LogP contribution is -2.40. The molecule has 122 valence electrons. The molecule has 0 aromatic rings. The minimum Gasteiger partial charge on any atom is -0.341 e. The van der Waals surface area contributed by atoms with E-state index in [9.17, 15) is 0 Å². The third-order valence-electron chi connectivity index (χ3n) is 3.28. The van der Waals surface area contributed by atoms with E-state index in [0.29, 0.717) is 13.2 Å². The highest BCUT2D eigenvalue weighted by Crippen LogP contribution is 2.31. The first-order chi connectivity index (χ1) is 9.60. The fraction of sp³-hybridized carbons (Fsp3) is 1.00. The van der Waals surface area contributed by atoms with Gasteiger partial charge in [0.2, 0.25) is 5.12 Å². The second-order valence-electron chi connectivity index (χ2n) is 5.40. The monoisotopic (exact) mass is 322 g/mol. The molecule has 1 unspecified atom stereocenters. The Bertz CT molecular complexity index is 205. The van der Waals surface area contributed by atoms with Crippen LogP contribution in [0.15, 0.2) is 0 Å². The average molecular weight is 323 g/mol. The molecular formula is C16H34O2S2. The maximum absolute atomic E-state index is 5.80. The lowest BCUT2D eigenvalue weighted by atomic mass is 10.1. The van der Waals surface area contributed by atoms with Crippen molar-refractivity contribution >= 4 is 25.3 Å². The van der Waals surface area contributed by atoms with Crippen molar-refractivity contribution in [2.45, 2.75) is 88.9 Å². The first kappa shape index (κ1) is 20.6. The van der Waals surface area contributed by atoms with Crippen molar-refractivity contribution in [3.63, 3.8) is 0 Å². The van der Waals surface area contributed by atoms with Crippen LogP contribution < -0.4 is 0 Å². The van der Waals surface area contributed by atoms with E-state index in [1.807, 2.05) is 0 Å². The SMILES string of the molecule is CCCCCCCCC(S)C(S)(OCCC)OCCC. The molecule has 0 radical (unpaired) electrons. The molecule has 0 aromatic carbocycles. The standard InChI is InChI=1S/C16H34O2S2/c1-4-7-8-9-10-11-12-15(19)16(20,17-13-5-2)18-14-6-3/h15,19-20H,4-14H2,1-3H3. The van der Waals surface area contributed by atoms with Gasteiger partial charge in [0.25, 0.3) is 0 Å². The molecule has 0 aliphatic carbocycles. The van der Waals surface area contributed by atoms with Crippen LogP contribution in [0.4, 0.5) is 0 Å². The number of ether oxygens (including phenoxy) is 2. The molecule has 0 amide bonds. The van der Waals surface area contributed by atoms with Crippen molar-refractivity contribution in [3.8, 4) is 0 Å². The van der Waals surface area contributed by atoms with Crippen LogP contribution in [0.3, 0.4) is 0 Å². The summed E-state index contributed by atoms with van der Waals surface area (Å²) in [7, 11) is 0. The lowest BCUT2D eigenvalue weighted by molar-refractivity contribution is -0.169. The third kappa shape index (κ3) is 9.54. The van der Waals surface area contributed by atoms with Gasteiger partial charge < -0.3 is 9.47 Å². The Morgan fingerprint density at radius 2 is 1.30 bits per heavy atom. The van der Waals surface area contributed by atoms with Crippen molar-refractivity contribution in [2.24, 2.45) is 0 Å². The molecule has 0 rings (SSSR count). The Labute approximate surface area is 137 Å². The molecular weight excluding hydrogens is 288 g/mol. The zero-order valence-corrected chi connectivity index (χ0v) is 15.4. The second kappa shape index (κ2) is 13.3. The smallest absolute Gasteiger partial charge is 0.227 e. The first-order valence-electron chi connectivity index (χ1n) is 8.29. The lowest BCUT2D eigenvalue weighted by Gasteiger charge is -2.33. The normalized spacial score (nSPS) is 13.7. The molecule has 0 aliphatic heterocycles. The Balaban J connectivity index is 4.02. The van der Waals surface area contributed by atoms with Gasteiger partial charge in [0.05, 0.1) is 18.5 Å². The second-order valence-corrected chi connectivity index (χ2v) is 6.65. The highest BCUT2D eigenvalue weighted by Gasteiger charge is 2.34. The van der Waals surface area contributed by atoms with Gasteiger partial charge in [-0.3, -0.25) is 0 Å². The summed E-state index contributed by atoms with van der Waals surface area (Å²) in [5, 5.41) is -0.812. The van der Waals surface area contributed by atoms with Crippen LogP contribution in [-0.4, -0.2) is 23.6 Å². The number of unbranched alkanes of at least 4 members (excludes halogenated alkanes) is 5. The molecule has 20 heavy (non-hydrogen) atoms. The molecule has 0 saturated heterocycles. The molecule has 0 aromatic heterocycles. The maximum Gasteiger partial charge on any atom is 0.227 e. The van der Waals surface area contributed by atoms with Gasteiger partial charge in [-0.2, -0.15) is 12.6 Å². The fourth-order valence-electron chi connectivity index (χ4n) is 2.03. The number of hydrogen-bond acceptors (Lipinski definition) is 4. The van der Waals surface area contributed by atoms with Crippen LogP contribution in [0.2, 0.25) is 0 Å². The van der Waals surface area contributed by atoms with Gasteiger partial charge in [-0.05, 0) is 19.3 Å². The van der Waals surface area contributed by atoms with E-state index in [2.05, 4.69) is 46.0 Å². The average Bonchev–Trinajstić information content (AvgIpc) is 2.46. The third-order valence-corrected chi connectivity index (χ3v) is 4.65. The first-order valence-corrected chi connectivity index (χ1v) is 9.25. The Hall–Kier alpha value is 0.620. The largest absolute Gasteiger partial charge is 0.341 e. The van der Waals surface area contributed by atoms with E-state index in [4.69, 9.17) is 9.47 Å². The summed E-state index contributed by atoms with van der Waals surface area (Å²) in [5.74, 6) is 0. The molecule has 0 heterocycles. The Morgan fingerprint density at radius 1 is 0.800 bits per heavy atom. The van der Waals surface area contributed by atoms with Gasteiger partial charge in [0, 0.05) is 0 Å². The maximum atomic E-state index is 5.80. The van der Waals surface area contributed by atoms with Crippen LogP contribution in [0.5, 0.6) is 0 Å². The van der Waals surface area contributed by atoms with Crippen molar-refractivity contribution in [1.29, 1.82) is 0 Å². The fourth-order valence-corrected chi connectivity index (χ4v) is 2.67. The molecule has 1 atom stereocenters. The van der Waals surface area contributed by atoms with Crippen LogP contribution in [0.1, 0.15) is 78.6 Å². The topological polar surface area (TPSA) is 18.5 Å². The van der Waals surface area contributed by atoms with Crippen LogP contribution in [0, 0.1) is 0 Å². The predicted octanol–water partition coefficient (Wildman–Crippen LogP) is 5.47. The van der Waals surface area contributed by atoms with Crippen molar-refractivity contribution < 1.29 is 9.47 Å². The summed E-state index contributed by atoms with van der Waals surface area (Å²) >= 11 is 9.29. The van der Waals surface area contributed by atoms with Crippen LogP contribution >= 0.6 is 25.3 Å². The zero-order chi connectivity index (χ0) is 15.3. The summed E-state index contributed by atoms with van der Waals surface area (Å²) in [5.41, 5.74) is 0. The Kier molecular flexibility index (Phi) is 13.7. The molecule has 0 N–H and O–H groups in total. The van der Waals surface area contributed by atoms with E-state index in [1.165, 1.54) is 38.5 Å². The van der Waals surface area contributed by atoms with Crippen LogP contribution in [-0.2, 0) is 9.47 Å². The predicted molar refractivity (Wildman–Crippen MR) is 95.0 cm³/mol. The van der Waals surface area contributed by atoms with Gasteiger partial charge in [-0.15, -0.1) is 12.6 Å². The van der Waals surface area contributed by atoms with E-state index >= 15 is 0 Å². The van der Waals surface area contributed by atoms with Gasteiger partial charge >= 0.3 is 0 Å². The highest BCUT2D eigenvalue weighted by molar-refractivity contribution is 7.85. The molecule has 0 spiro atoms. The molecule has 0 aliphatic rings. The number of rotatable bonds is 14. The summed E-state index contributed by atoms with van der Waals surface area (Å²) in [6.07, 6.45) is 10.7. The molecule has 4 heteroatoms. The summed E-state index contributed by atoms with van der Waals surface area (Å²) in [6.45, 7) is 7.77. The molecule has 0 bridgehead atoms. The zero-order valence-electron chi connectivity index (χ0n) is 13.6. The van der Waals surface area contributed by atoms with E-state index in [1.54, 1.807) is 0 Å². The van der Waals surface area contributed by atoms with Crippen molar-refractivity contribution in [2.75, 3.05) is 13.2 Å². The molecule has 0 saturated carbocycles. The van der Waals surface area contributed by atoms with E-state index < -0.39 is 5.12 Å². The van der Waals surface area contributed by atoms with Gasteiger partial charge in [0.15, 0.2) is 0 Å². The quantitative estimate of drug-likeness (QED) is 0.251.